The van der Waals surface area contributed by atoms with Crippen LogP contribution in [-0.4, -0.2) is 48.9 Å². The van der Waals surface area contributed by atoms with Crippen molar-refractivity contribution in [1.29, 1.82) is 0 Å². The Hall–Kier alpha value is -0.380. The first kappa shape index (κ1) is 11.6. The molecule has 0 aromatic heterocycles. The van der Waals surface area contributed by atoms with Gasteiger partial charge in [0.2, 0.25) is 0 Å². The fourth-order valence-electron chi connectivity index (χ4n) is 0.792. The zero-order chi connectivity index (χ0) is 8.27. The molecule has 0 spiro atoms. The van der Waals surface area contributed by atoms with Crippen molar-refractivity contribution in [2.24, 2.45) is 0 Å². The van der Waals surface area contributed by atoms with Gasteiger partial charge in [0.1, 0.15) is 17.2 Å². The van der Waals surface area contributed by atoms with Gasteiger partial charge in [-0.15, -0.1) is 0 Å². The van der Waals surface area contributed by atoms with Gasteiger partial charge >= 0.3 is 0 Å². The predicted octanol–water partition coefficient (Wildman–Crippen LogP) is 1.03. The Morgan fingerprint density at radius 3 is 1.75 bits per heavy atom. The SMILES string of the molecule is COc1cc(O)cc(OC)c1.[Na]. The first-order valence-electron chi connectivity index (χ1n) is 3.18. The summed E-state index contributed by atoms with van der Waals surface area (Å²) in [6.07, 6.45) is 0. The van der Waals surface area contributed by atoms with Gasteiger partial charge in [-0.05, 0) is 0 Å². The number of aromatic hydroxyl groups is 1. The Bertz CT molecular complexity index is 228. The van der Waals surface area contributed by atoms with Crippen molar-refractivity contribution in [3.63, 3.8) is 0 Å². The molecular formula is C8H10NaO3. The number of benzene rings is 1. The van der Waals surface area contributed by atoms with Crippen LogP contribution in [0, 0.1) is 0 Å². The van der Waals surface area contributed by atoms with Crippen molar-refractivity contribution in [3.05, 3.63) is 18.2 Å². The van der Waals surface area contributed by atoms with Crippen molar-refractivity contribution in [2.45, 2.75) is 0 Å². The first-order valence-corrected chi connectivity index (χ1v) is 3.18. The van der Waals surface area contributed by atoms with Gasteiger partial charge in [0, 0.05) is 47.8 Å². The molecule has 0 atom stereocenters. The third-order valence-corrected chi connectivity index (χ3v) is 1.34. The average Bonchev–Trinajstić information content (AvgIpc) is 2.03. The number of rotatable bonds is 2. The van der Waals surface area contributed by atoms with Crippen LogP contribution >= 0.6 is 0 Å². The summed E-state index contributed by atoms with van der Waals surface area (Å²) in [4.78, 5) is 0. The van der Waals surface area contributed by atoms with E-state index in [9.17, 15) is 0 Å². The van der Waals surface area contributed by atoms with Gasteiger partial charge in [0.05, 0.1) is 14.2 Å². The maximum Gasteiger partial charge on any atom is 0.126 e. The topological polar surface area (TPSA) is 38.7 Å². The van der Waals surface area contributed by atoms with E-state index in [1.165, 1.54) is 26.4 Å². The van der Waals surface area contributed by atoms with Crippen molar-refractivity contribution >= 4 is 29.6 Å². The van der Waals surface area contributed by atoms with Gasteiger partial charge in [-0.1, -0.05) is 0 Å². The molecule has 1 aromatic carbocycles. The van der Waals surface area contributed by atoms with Gasteiger partial charge in [-0.25, -0.2) is 0 Å². The number of ether oxygens (including phenoxy) is 2. The summed E-state index contributed by atoms with van der Waals surface area (Å²) in [7, 11) is 3.07. The Kier molecular flexibility index (Phi) is 5.13. The Morgan fingerprint density at radius 2 is 1.42 bits per heavy atom. The van der Waals surface area contributed by atoms with Crippen LogP contribution in [0.1, 0.15) is 0 Å². The molecule has 0 fully saturated rings. The number of hydrogen-bond donors (Lipinski definition) is 1. The Balaban J connectivity index is 0.00000121. The number of phenolic OH excluding ortho intramolecular Hbond substituents is 1. The summed E-state index contributed by atoms with van der Waals surface area (Å²) in [5.41, 5.74) is 0. The van der Waals surface area contributed by atoms with Crippen LogP contribution in [0.2, 0.25) is 0 Å². The molecule has 0 heterocycles. The molecule has 0 unspecified atom stereocenters. The minimum Gasteiger partial charge on any atom is -0.508 e. The van der Waals surface area contributed by atoms with Crippen LogP contribution < -0.4 is 9.47 Å². The van der Waals surface area contributed by atoms with Gasteiger partial charge < -0.3 is 14.6 Å². The summed E-state index contributed by atoms with van der Waals surface area (Å²) >= 11 is 0. The largest absolute Gasteiger partial charge is 0.508 e. The second-order valence-corrected chi connectivity index (χ2v) is 2.07. The Labute approximate surface area is 93.6 Å². The van der Waals surface area contributed by atoms with E-state index in [-0.39, 0.29) is 35.3 Å². The normalized spacial score (nSPS) is 8.50. The predicted molar refractivity (Wildman–Crippen MR) is 47.0 cm³/mol. The maximum atomic E-state index is 9.10. The molecule has 1 N–H and O–H groups in total. The average molecular weight is 177 g/mol. The van der Waals surface area contributed by atoms with Crippen LogP contribution in [0.15, 0.2) is 18.2 Å². The van der Waals surface area contributed by atoms with Gasteiger partial charge in [0.15, 0.2) is 0 Å². The number of hydrogen-bond acceptors (Lipinski definition) is 3. The van der Waals surface area contributed by atoms with E-state index in [4.69, 9.17) is 14.6 Å². The second-order valence-electron chi connectivity index (χ2n) is 2.07. The molecule has 0 aliphatic carbocycles. The Morgan fingerprint density at radius 1 is 1.00 bits per heavy atom. The van der Waals surface area contributed by atoms with E-state index in [1.54, 1.807) is 6.07 Å². The summed E-state index contributed by atoms with van der Waals surface area (Å²) < 4.78 is 9.80. The molecule has 0 saturated carbocycles. The molecule has 0 aliphatic rings. The second kappa shape index (κ2) is 5.30. The molecule has 0 aliphatic heterocycles. The zero-order valence-corrected chi connectivity index (χ0v) is 9.50. The molecule has 1 radical (unpaired) electrons. The summed E-state index contributed by atoms with van der Waals surface area (Å²) in [6, 6.07) is 4.73. The van der Waals surface area contributed by atoms with Gasteiger partial charge in [0.25, 0.3) is 0 Å². The monoisotopic (exact) mass is 177 g/mol. The van der Waals surface area contributed by atoms with Crippen LogP contribution in [0.5, 0.6) is 17.2 Å². The molecule has 0 amide bonds. The van der Waals surface area contributed by atoms with Crippen molar-refractivity contribution < 1.29 is 14.6 Å². The van der Waals surface area contributed by atoms with Gasteiger partial charge in [-0.2, -0.15) is 0 Å². The molecule has 4 heteroatoms. The molecule has 1 rings (SSSR count). The third kappa shape index (κ3) is 2.93. The number of methoxy groups -OCH3 is 2. The molecule has 12 heavy (non-hydrogen) atoms. The molecular weight excluding hydrogens is 167 g/mol. The first-order chi connectivity index (χ1) is 5.26. The van der Waals surface area contributed by atoms with E-state index >= 15 is 0 Å². The minimum atomic E-state index is 0. The van der Waals surface area contributed by atoms with Crippen LogP contribution in [-0.2, 0) is 0 Å². The van der Waals surface area contributed by atoms with E-state index in [0.29, 0.717) is 11.5 Å². The molecule has 61 valence electrons. The molecule has 0 saturated heterocycles. The number of phenols is 1. The van der Waals surface area contributed by atoms with E-state index in [0.717, 1.165) is 0 Å². The van der Waals surface area contributed by atoms with E-state index in [2.05, 4.69) is 0 Å². The summed E-state index contributed by atoms with van der Waals surface area (Å²) in [5.74, 6) is 1.31. The van der Waals surface area contributed by atoms with Crippen LogP contribution in [0.25, 0.3) is 0 Å². The van der Waals surface area contributed by atoms with E-state index in [1.807, 2.05) is 0 Å². The van der Waals surface area contributed by atoms with Crippen molar-refractivity contribution in [2.75, 3.05) is 14.2 Å². The maximum absolute atomic E-state index is 9.10. The quantitative estimate of drug-likeness (QED) is 0.685. The van der Waals surface area contributed by atoms with Crippen molar-refractivity contribution in [1.82, 2.24) is 0 Å². The summed E-state index contributed by atoms with van der Waals surface area (Å²) in [6.45, 7) is 0. The molecule has 0 bridgehead atoms. The third-order valence-electron chi connectivity index (χ3n) is 1.34. The van der Waals surface area contributed by atoms with Crippen molar-refractivity contribution in [3.8, 4) is 17.2 Å². The zero-order valence-electron chi connectivity index (χ0n) is 7.50. The van der Waals surface area contributed by atoms with Crippen LogP contribution in [0.3, 0.4) is 0 Å². The molecule has 3 nitrogen and oxygen atoms in total. The smallest absolute Gasteiger partial charge is 0.126 e. The van der Waals surface area contributed by atoms with E-state index < -0.39 is 0 Å². The fourth-order valence-corrected chi connectivity index (χ4v) is 0.792. The van der Waals surface area contributed by atoms with Crippen LogP contribution in [0.4, 0.5) is 0 Å². The molecule has 1 aromatic rings. The minimum absolute atomic E-state index is 0. The fraction of sp³-hybridized carbons (Fsp3) is 0.250. The standard InChI is InChI=1S/C8H10O3.Na/c1-10-7-3-6(9)4-8(5-7)11-2;/h3-5,9H,1-2H3;. The summed E-state index contributed by atoms with van der Waals surface area (Å²) in [5, 5.41) is 9.10. The van der Waals surface area contributed by atoms with Gasteiger partial charge in [-0.3, -0.25) is 0 Å².